The summed E-state index contributed by atoms with van der Waals surface area (Å²) in [5, 5.41) is 0.587. The lowest BCUT2D eigenvalue weighted by molar-refractivity contribution is -0.153. The smallest absolute Gasteiger partial charge is 0.295 e. The Morgan fingerprint density at radius 1 is 1.10 bits per heavy atom. The lowest BCUT2D eigenvalue weighted by Crippen LogP contribution is -2.07. The van der Waals surface area contributed by atoms with Crippen molar-refractivity contribution in [2.24, 2.45) is 0 Å². The Bertz CT molecular complexity index is 158. The summed E-state index contributed by atoms with van der Waals surface area (Å²) in [5.74, 6) is 0.973. The van der Waals surface area contributed by atoms with Gasteiger partial charge < -0.3 is 9.47 Å². The van der Waals surface area contributed by atoms with Crippen LogP contribution in [0.25, 0.3) is 0 Å². The van der Waals surface area contributed by atoms with Crippen LogP contribution in [-0.4, -0.2) is 30.9 Å². The first kappa shape index (κ1) is 29.2. The molecule has 0 aliphatic heterocycles. The van der Waals surface area contributed by atoms with Gasteiger partial charge in [-0.2, -0.15) is 25.3 Å². The fraction of sp³-hybridized carbons (Fsp3) is 0.938. The van der Waals surface area contributed by atoms with Crippen LogP contribution in [0.3, 0.4) is 0 Å². The van der Waals surface area contributed by atoms with E-state index in [0.29, 0.717) is 11.7 Å². The van der Waals surface area contributed by atoms with Gasteiger partial charge in [-0.25, -0.2) is 0 Å². The molecular weight excluding hydrogens is 304 g/mol. The molecule has 0 fully saturated rings. The molecule has 0 saturated carbocycles. The molecule has 0 radical (unpaired) electrons. The van der Waals surface area contributed by atoms with E-state index in [0.717, 1.165) is 12.2 Å². The largest absolute Gasteiger partial charge is 0.438 e. The Kier molecular flexibility index (Phi) is 44.7. The average Bonchev–Trinajstić information content (AvgIpc) is 2.52. The minimum Gasteiger partial charge on any atom is -0.438 e. The van der Waals surface area contributed by atoms with Gasteiger partial charge >= 0.3 is 0 Å². The van der Waals surface area contributed by atoms with Gasteiger partial charge in [0.1, 0.15) is 0 Å². The molecular formula is C16H38O3S2. The second kappa shape index (κ2) is 32.2. The lowest BCUT2D eigenvalue weighted by Gasteiger charge is -2.06. The molecule has 2 unspecified atom stereocenters. The van der Waals surface area contributed by atoms with Gasteiger partial charge in [-0.05, 0) is 25.5 Å². The summed E-state index contributed by atoms with van der Waals surface area (Å²) in [4.78, 5) is 9.47. The van der Waals surface area contributed by atoms with Crippen LogP contribution in [0.1, 0.15) is 73.6 Å². The van der Waals surface area contributed by atoms with Crippen molar-refractivity contribution in [2.45, 2.75) is 85.2 Å². The third-order valence-corrected chi connectivity index (χ3v) is 2.96. The lowest BCUT2D eigenvalue weighted by atomic mass is 10.1. The maximum absolute atomic E-state index is 9.47. The molecule has 2 atom stereocenters. The molecule has 0 aliphatic rings. The van der Waals surface area contributed by atoms with Crippen molar-refractivity contribution < 1.29 is 14.3 Å². The first-order chi connectivity index (χ1) is 10.1. The number of thiol groups is 2. The highest BCUT2D eigenvalue weighted by Crippen LogP contribution is 2.12. The van der Waals surface area contributed by atoms with E-state index in [-0.39, 0.29) is 0 Å². The normalized spacial score (nSPS) is 11.3. The predicted octanol–water partition coefficient (Wildman–Crippen LogP) is 5.39. The van der Waals surface area contributed by atoms with E-state index in [1.165, 1.54) is 32.8 Å². The number of hydrogen-bond acceptors (Lipinski definition) is 5. The van der Waals surface area contributed by atoms with Gasteiger partial charge in [-0.15, -0.1) is 0 Å². The zero-order valence-corrected chi connectivity index (χ0v) is 16.9. The van der Waals surface area contributed by atoms with Gasteiger partial charge in [0.25, 0.3) is 6.47 Å². The molecule has 0 amide bonds. The summed E-state index contributed by atoms with van der Waals surface area (Å²) in [6.45, 7) is 12.2. The standard InChI is InChI=1S/C8H18S2.C4H8O3.2C2H6/c1-2-3-4-5-8(10)6-7-9;1-4(6-2)7-3-5;2*1-2/h8-10H,2-7H2,1H3;3-4H,1-2H3;2*1-2H3. The van der Waals surface area contributed by atoms with Gasteiger partial charge in [-0.1, -0.05) is 53.9 Å². The summed E-state index contributed by atoms with van der Waals surface area (Å²) in [7, 11) is 1.47. The number of methoxy groups -OCH3 is 1. The second-order valence-corrected chi connectivity index (χ2v) is 4.88. The van der Waals surface area contributed by atoms with Crippen molar-refractivity contribution in [1.29, 1.82) is 0 Å². The topological polar surface area (TPSA) is 35.5 Å². The molecule has 0 aromatic rings. The fourth-order valence-corrected chi connectivity index (χ4v) is 1.88. The van der Waals surface area contributed by atoms with Crippen LogP contribution in [-0.2, 0) is 14.3 Å². The molecule has 21 heavy (non-hydrogen) atoms. The Morgan fingerprint density at radius 3 is 1.90 bits per heavy atom. The van der Waals surface area contributed by atoms with Crippen LogP contribution in [0.5, 0.6) is 0 Å². The Balaban J connectivity index is -0.000000115. The minimum absolute atomic E-state index is 0.355. The van der Waals surface area contributed by atoms with Crippen LogP contribution in [0.15, 0.2) is 0 Å². The SMILES string of the molecule is CC.CC.CCCCCC(S)CCS.COC(C)OC=O. The summed E-state index contributed by atoms with van der Waals surface area (Å²) in [6.07, 6.45) is 5.98. The van der Waals surface area contributed by atoms with Crippen LogP contribution in [0, 0.1) is 0 Å². The molecule has 0 aromatic heterocycles. The average molecular weight is 343 g/mol. The Hall–Kier alpha value is 0.130. The van der Waals surface area contributed by atoms with Gasteiger partial charge in [0.2, 0.25) is 0 Å². The van der Waals surface area contributed by atoms with E-state index >= 15 is 0 Å². The van der Waals surface area contributed by atoms with Crippen molar-refractivity contribution in [3.63, 3.8) is 0 Å². The summed E-state index contributed by atoms with van der Waals surface area (Å²) in [5.41, 5.74) is 0. The van der Waals surface area contributed by atoms with Crippen LogP contribution in [0.4, 0.5) is 0 Å². The third kappa shape index (κ3) is 38.4. The van der Waals surface area contributed by atoms with Crippen LogP contribution >= 0.6 is 25.3 Å². The highest BCUT2D eigenvalue weighted by Gasteiger charge is 1.99. The quantitative estimate of drug-likeness (QED) is 0.255. The number of carbonyl (C=O) groups excluding carboxylic acids is 1. The summed E-state index contributed by atoms with van der Waals surface area (Å²) in [6, 6.07) is 0. The molecule has 0 aliphatic carbocycles. The Morgan fingerprint density at radius 2 is 1.62 bits per heavy atom. The highest BCUT2D eigenvalue weighted by atomic mass is 32.1. The fourth-order valence-electron chi connectivity index (χ4n) is 1.06. The number of rotatable bonds is 9. The number of carbonyl (C=O) groups is 1. The first-order valence-electron chi connectivity index (χ1n) is 8.03. The van der Waals surface area contributed by atoms with Crippen molar-refractivity contribution in [2.75, 3.05) is 12.9 Å². The summed E-state index contributed by atoms with van der Waals surface area (Å²) < 4.78 is 8.83. The van der Waals surface area contributed by atoms with E-state index in [1.54, 1.807) is 6.92 Å². The molecule has 0 saturated heterocycles. The van der Waals surface area contributed by atoms with Crippen molar-refractivity contribution in [1.82, 2.24) is 0 Å². The molecule has 0 rings (SSSR count). The van der Waals surface area contributed by atoms with E-state index in [9.17, 15) is 4.79 Å². The van der Waals surface area contributed by atoms with E-state index < -0.39 is 6.29 Å². The Labute approximate surface area is 144 Å². The number of unbranched alkanes of at least 4 members (excludes halogenated alkanes) is 2. The number of hydrogen-bond donors (Lipinski definition) is 2. The van der Waals surface area contributed by atoms with Crippen molar-refractivity contribution in [3.8, 4) is 0 Å². The molecule has 0 spiro atoms. The first-order valence-corrected chi connectivity index (χ1v) is 9.18. The van der Waals surface area contributed by atoms with Gasteiger partial charge in [0.05, 0.1) is 0 Å². The van der Waals surface area contributed by atoms with Crippen LogP contribution in [0.2, 0.25) is 0 Å². The summed E-state index contributed by atoms with van der Waals surface area (Å²) >= 11 is 8.59. The minimum atomic E-state index is -0.419. The second-order valence-electron chi connectivity index (χ2n) is 3.70. The molecule has 3 nitrogen and oxygen atoms in total. The zero-order chi connectivity index (χ0) is 17.5. The molecule has 0 heterocycles. The van der Waals surface area contributed by atoms with E-state index in [1.807, 2.05) is 27.7 Å². The van der Waals surface area contributed by atoms with Crippen molar-refractivity contribution in [3.05, 3.63) is 0 Å². The van der Waals surface area contributed by atoms with E-state index in [4.69, 9.17) is 0 Å². The van der Waals surface area contributed by atoms with Gasteiger partial charge in [-0.3, -0.25) is 4.79 Å². The van der Waals surface area contributed by atoms with Gasteiger partial charge in [0.15, 0.2) is 6.29 Å². The molecule has 0 aromatic carbocycles. The zero-order valence-electron chi connectivity index (χ0n) is 15.1. The van der Waals surface area contributed by atoms with Crippen molar-refractivity contribution >= 4 is 31.7 Å². The monoisotopic (exact) mass is 342 g/mol. The van der Waals surface area contributed by atoms with Gasteiger partial charge in [0, 0.05) is 12.4 Å². The highest BCUT2D eigenvalue weighted by molar-refractivity contribution is 7.81. The van der Waals surface area contributed by atoms with E-state index in [2.05, 4.69) is 41.7 Å². The van der Waals surface area contributed by atoms with Crippen LogP contribution < -0.4 is 0 Å². The maximum atomic E-state index is 9.47. The molecule has 132 valence electrons. The maximum Gasteiger partial charge on any atom is 0.295 e. The number of ether oxygens (including phenoxy) is 2. The molecule has 5 heteroatoms. The molecule has 0 N–H and O–H groups in total. The molecule has 0 bridgehead atoms. The third-order valence-electron chi connectivity index (χ3n) is 2.18. The predicted molar refractivity (Wildman–Crippen MR) is 102 cm³/mol.